The number of halogens is 2. The van der Waals surface area contributed by atoms with Crippen molar-refractivity contribution in [2.75, 3.05) is 70.3 Å². The zero-order valence-electron chi connectivity index (χ0n) is 24.3. The summed E-state index contributed by atoms with van der Waals surface area (Å²) in [5.41, 5.74) is 2.97. The zero-order chi connectivity index (χ0) is 28.2. The van der Waals surface area contributed by atoms with E-state index < -0.39 is 5.82 Å². The minimum absolute atomic E-state index is 0. The monoisotopic (exact) mass is 599 g/mol. The molecule has 4 aliphatic rings. The van der Waals surface area contributed by atoms with Gasteiger partial charge in [0, 0.05) is 75.7 Å². The number of carbonyl (C=O) groups excluding carboxylic acids is 2. The SMILES string of the molecule is Cl.O=C(c1cc(F)cc(N2CCNCC2)c1)N1CCN(C(=O)c2ccc(O[C@H]3CCNC3)c(C3CCCCC3)c2)CC1. The molecule has 0 unspecified atom stereocenters. The molecular weight excluding hydrogens is 557 g/mol. The fraction of sp³-hybridized carbons (Fsp3) is 0.562. The van der Waals surface area contributed by atoms with Gasteiger partial charge in [0.15, 0.2) is 0 Å². The van der Waals surface area contributed by atoms with Crippen molar-refractivity contribution >= 4 is 29.9 Å². The Morgan fingerprint density at radius 1 is 0.762 bits per heavy atom. The van der Waals surface area contributed by atoms with Crippen LogP contribution >= 0.6 is 12.4 Å². The van der Waals surface area contributed by atoms with Gasteiger partial charge in [0.25, 0.3) is 11.8 Å². The van der Waals surface area contributed by atoms with Crippen molar-refractivity contribution < 1.29 is 18.7 Å². The molecule has 6 rings (SSSR count). The van der Waals surface area contributed by atoms with Gasteiger partial charge < -0.3 is 30.1 Å². The summed E-state index contributed by atoms with van der Waals surface area (Å²) in [7, 11) is 0. The Balaban J connectivity index is 0.00000353. The number of hydrogen-bond acceptors (Lipinski definition) is 6. The highest BCUT2D eigenvalue weighted by atomic mass is 35.5. The van der Waals surface area contributed by atoms with Gasteiger partial charge in [0.1, 0.15) is 17.7 Å². The second kappa shape index (κ2) is 14.1. The lowest BCUT2D eigenvalue weighted by Gasteiger charge is -2.35. The van der Waals surface area contributed by atoms with Crippen molar-refractivity contribution in [1.82, 2.24) is 20.4 Å². The Kier molecular flexibility index (Phi) is 10.2. The number of amides is 2. The molecule has 2 amide bonds. The van der Waals surface area contributed by atoms with Gasteiger partial charge in [-0.15, -0.1) is 12.4 Å². The second-order valence-electron chi connectivity index (χ2n) is 11.8. The number of hydrogen-bond donors (Lipinski definition) is 2. The van der Waals surface area contributed by atoms with Crippen LogP contribution in [0, 0.1) is 5.82 Å². The number of nitrogens with one attached hydrogen (secondary N) is 2. The first kappa shape index (κ1) is 30.6. The van der Waals surface area contributed by atoms with Crippen LogP contribution in [0.1, 0.15) is 70.7 Å². The predicted molar refractivity (Wildman–Crippen MR) is 165 cm³/mol. The van der Waals surface area contributed by atoms with Gasteiger partial charge in [-0.25, -0.2) is 4.39 Å². The molecule has 0 aromatic heterocycles. The van der Waals surface area contributed by atoms with Crippen LogP contribution in [0.5, 0.6) is 5.75 Å². The molecule has 8 nitrogen and oxygen atoms in total. The quantitative estimate of drug-likeness (QED) is 0.522. The van der Waals surface area contributed by atoms with Gasteiger partial charge in [-0.2, -0.15) is 0 Å². The molecule has 0 radical (unpaired) electrons. The molecule has 2 N–H and O–H groups in total. The van der Waals surface area contributed by atoms with Gasteiger partial charge in [0.05, 0.1) is 0 Å². The third-order valence-corrected chi connectivity index (χ3v) is 9.08. The molecule has 3 aliphatic heterocycles. The molecule has 0 bridgehead atoms. The lowest BCUT2D eigenvalue weighted by molar-refractivity contribution is 0.0535. The van der Waals surface area contributed by atoms with Crippen molar-refractivity contribution in [2.45, 2.75) is 50.5 Å². The van der Waals surface area contributed by atoms with Gasteiger partial charge in [0.2, 0.25) is 0 Å². The average molecular weight is 600 g/mol. The number of benzene rings is 2. The first-order chi connectivity index (χ1) is 20.0. The van der Waals surface area contributed by atoms with Crippen molar-refractivity contribution in [1.29, 1.82) is 0 Å². The Hall–Kier alpha value is -2.88. The summed E-state index contributed by atoms with van der Waals surface area (Å²) in [6.45, 7) is 6.84. The maximum Gasteiger partial charge on any atom is 0.254 e. The van der Waals surface area contributed by atoms with Crippen LogP contribution in [0.2, 0.25) is 0 Å². The molecule has 3 saturated heterocycles. The van der Waals surface area contributed by atoms with Gasteiger partial charge >= 0.3 is 0 Å². The highest BCUT2D eigenvalue weighted by Crippen LogP contribution is 2.39. The zero-order valence-corrected chi connectivity index (χ0v) is 25.1. The van der Waals surface area contributed by atoms with Gasteiger partial charge in [-0.3, -0.25) is 9.59 Å². The Morgan fingerprint density at radius 2 is 1.45 bits per heavy atom. The minimum Gasteiger partial charge on any atom is -0.489 e. The number of rotatable bonds is 6. The molecule has 10 heteroatoms. The highest BCUT2D eigenvalue weighted by molar-refractivity contribution is 5.96. The molecule has 1 atom stereocenters. The van der Waals surface area contributed by atoms with Gasteiger partial charge in [-0.1, -0.05) is 19.3 Å². The summed E-state index contributed by atoms with van der Waals surface area (Å²) in [6, 6.07) is 10.6. The number of ether oxygens (including phenoxy) is 1. The van der Waals surface area contributed by atoms with E-state index in [1.807, 2.05) is 17.0 Å². The van der Waals surface area contributed by atoms with E-state index in [1.54, 1.807) is 11.0 Å². The summed E-state index contributed by atoms with van der Waals surface area (Å²) in [5, 5.41) is 6.67. The lowest BCUT2D eigenvalue weighted by atomic mass is 9.83. The van der Waals surface area contributed by atoms with E-state index in [4.69, 9.17) is 4.74 Å². The Labute approximate surface area is 254 Å². The predicted octanol–water partition coefficient (Wildman–Crippen LogP) is 4.04. The van der Waals surface area contributed by atoms with E-state index in [1.165, 1.54) is 37.0 Å². The average Bonchev–Trinajstić information content (AvgIpc) is 3.54. The highest BCUT2D eigenvalue weighted by Gasteiger charge is 2.29. The standard InChI is InChI=1S/C32H42FN5O3.ClH/c33-26-18-25(19-27(21-26)36-12-10-34-11-13-36)32(40)38-16-14-37(15-17-38)31(39)24-6-7-30(41-28-8-9-35-22-28)29(20-24)23-4-2-1-3-5-23;/h6-7,18-21,23,28,34-35H,1-5,8-17,22H2;1H/t28-;/m0./s1. The second-order valence-corrected chi connectivity index (χ2v) is 11.8. The van der Waals surface area contributed by atoms with Crippen molar-refractivity contribution in [3.63, 3.8) is 0 Å². The first-order valence-corrected chi connectivity index (χ1v) is 15.4. The lowest BCUT2D eigenvalue weighted by Crippen LogP contribution is -2.50. The third-order valence-electron chi connectivity index (χ3n) is 9.08. The molecule has 1 saturated carbocycles. The van der Waals surface area contributed by atoms with E-state index in [-0.39, 0.29) is 30.3 Å². The number of carbonyl (C=O) groups is 2. The van der Waals surface area contributed by atoms with E-state index in [0.717, 1.165) is 70.0 Å². The summed E-state index contributed by atoms with van der Waals surface area (Å²) >= 11 is 0. The normalized spacial score (nSPS) is 21.6. The van der Waals surface area contributed by atoms with Crippen LogP contribution in [0.4, 0.5) is 10.1 Å². The van der Waals surface area contributed by atoms with Crippen molar-refractivity contribution in [3.8, 4) is 5.75 Å². The third kappa shape index (κ3) is 7.01. The van der Waals surface area contributed by atoms with Crippen molar-refractivity contribution in [2.24, 2.45) is 0 Å². The molecule has 4 fully saturated rings. The Morgan fingerprint density at radius 3 is 2.12 bits per heavy atom. The van der Waals surface area contributed by atoms with Crippen LogP contribution in [-0.2, 0) is 0 Å². The molecule has 1 aliphatic carbocycles. The molecular formula is C32H43ClFN5O3. The van der Waals surface area contributed by atoms with E-state index in [9.17, 15) is 14.0 Å². The molecule has 0 spiro atoms. The molecule has 2 aromatic carbocycles. The molecule has 2 aromatic rings. The topological polar surface area (TPSA) is 77.2 Å². The van der Waals surface area contributed by atoms with Crippen LogP contribution < -0.4 is 20.3 Å². The number of anilines is 1. The van der Waals surface area contributed by atoms with Crippen LogP contribution in [0.25, 0.3) is 0 Å². The fourth-order valence-electron chi connectivity index (χ4n) is 6.71. The van der Waals surface area contributed by atoms with E-state index in [0.29, 0.717) is 43.2 Å². The summed E-state index contributed by atoms with van der Waals surface area (Å²) < 4.78 is 20.9. The van der Waals surface area contributed by atoms with Gasteiger partial charge in [-0.05, 0) is 73.7 Å². The summed E-state index contributed by atoms with van der Waals surface area (Å²) in [4.78, 5) is 32.6. The van der Waals surface area contributed by atoms with E-state index in [2.05, 4.69) is 21.6 Å². The number of piperazine rings is 2. The van der Waals surface area contributed by atoms with Crippen molar-refractivity contribution in [3.05, 3.63) is 58.9 Å². The molecule has 42 heavy (non-hydrogen) atoms. The fourth-order valence-corrected chi connectivity index (χ4v) is 6.71. The summed E-state index contributed by atoms with van der Waals surface area (Å²) in [5.74, 6) is 0.759. The van der Waals surface area contributed by atoms with Crippen LogP contribution in [0.3, 0.4) is 0 Å². The molecule has 228 valence electrons. The Bertz CT molecular complexity index is 1240. The maximum absolute atomic E-state index is 14.5. The first-order valence-electron chi connectivity index (χ1n) is 15.4. The smallest absolute Gasteiger partial charge is 0.254 e. The summed E-state index contributed by atoms with van der Waals surface area (Å²) in [6.07, 6.45) is 7.14. The maximum atomic E-state index is 14.5. The largest absolute Gasteiger partial charge is 0.489 e. The van der Waals surface area contributed by atoms with Crippen LogP contribution in [0.15, 0.2) is 36.4 Å². The van der Waals surface area contributed by atoms with E-state index >= 15 is 0 Å². The van der Waals surface area contributed by atoms with Crippen LogP contribution in [-0.4, -0.2) is 93.2 Å². The minimum atomic E-state index is -0.399. The molecule has 3 heterocycles. The number of nitrogens with zero attached hydrogens (tertiary/aromatic N) is 3.